The predicted molar refractivity (Wildman–Crippen MR) is 68.0 cm³/mol. The van der Waals surface area contributed by atoms with Crippen LogP contribution >= 0.6 is 0 Å². The molecule has 1 aromatic carbocycles. The number of hydrogen-bond acceptors (Lipinski definition) is 2. The molecule has 18 heavy (non-hydrogen) atoms. The van der Waals surface area contributed by atoms with Gasteiger partial charge in [0.25, 0.3) is 0 Å². The van der Waals surface area contributed by atoms with E-state index in [9.17, 15) is 9.18 Å². The van der Waals surface area contributed by atoms with E-state index >= 15 is 0 Å². The van der Waals surface area contributed by atoms with Gasteiger partial charge < -0.3 is 10.2 Å². The lowest BCUT2D eigenvalue weighted by molar-refractivity contribution is -0.117. The van der Waals surface area contributed by atoms with Crippen molar-refractivity contribution in [3.05, 3.63) is 29.6 Å². The molecule has 2 aliphatic rings. The Bertz CT molecular complexity index is 489. The average Bonchev–Trinajstić information content (AvgIpc) is 2.74. The second-order valence-corrected chi connectivity index (χ2v) is 5.40. The van der Waals surface area contributed by atoms with Gasteiger partial charge in [-0.2, -0.15) is 0 Å². The van der Waals surface area contributed by atoms with Crippen molar-refractivity contribution in [3.63, 3.8) is 0 Å². The Kier molecular flexibility index (Phi) is 2.82. The zero-order chi connectivity index (χ0) is 12.7. The summed E-state index contributed by atoms with van der Waals surface area (Å²) in [5.41, 5.74) is 1.75. The number of rotatable bonds is 1. The molecule has 2 unspecified atom stereocenters. The van der Waals surface area contributed by atoms with Crippen LogP contribution in [0.15, 0.2) is 18.2 Å². The lowest BCUT2D eigenvalue weighted by atomic mass is 9.80. The van der Waals surface area contributed by atoms with Gasteiger partial charge in [0.2, 0.25) is 5.91 Å². The Morgan fingerprint density at radius 3 is 3.00 bits per heavy atom. The molecule has 96 valence electrons. The summed E-state index contributed by atoms with van der Waals surface area (Å²) in [5.74, 6) is 0.454. The number of carbonyl (C=O) groups is 1. The molecule has 0 aromatic heterocycles. The highest BCUT2D eigenvalue weighted by atomic mass is 19.1. The van der Waals surface area contributed by atoms with Crippen LogP contribution in [-0.4, -0.2) is 30.9 Å². The molecule has 2 heterocycles. The van der Waals surface area contributed by atoms with Crippen LogP contribution in [0.3, 0.4) is 0 Å². The van der Waals surface area contributed by atoms with Crippen LogP contribution in [0.4, 0.5) is 10.1 Å². The van der Waals surface area contributed by atoms with Crippen molar-refractivity contribution in [1.82, 2.24) is 4.90 Å². The fourth-order valence-corrected chi connectivity index (χ4v) is 3.19. The van der Waals surface area contributed by atoms with Gasteiger partial charge in [0.05, 0.1) is 0 Å². The normalized spacial score (nSPS) is 28.0. The largest absolute Gasteiger partial charge is 0.326 e. The van der Waals surface area contributed by atoms with Gasteiger partial charge in [0.15, 0.2) is 0 Å². The molecule has 0 saturated carbocycles. The van der Waals surface area contributed by atoms with Crippen molar-refractivity contribution in [3.8, 4) is 0 Å². The van der Waals surface area contributed by atoms with E-state index in [1.54, 1.807) is 0 Å². The van der Waals surface area contributed by atoms with E-state index in [0.29, 0.717) is 18.0 Å². The third kappa shape index (κ3) is 2.01. The predicted octanol–water partition coefficient (Wildman–Crippen LogP) is 2.20. The molecule has 1 fully saturated rings. The lowest BCUT2D eigenvalue weighted by Crippen LogP contribution is -2.28. The van der Waals surface area contributed by atoms with Crippen LogP contribution in [0.2, 0.25) is 0 Å². The number of halogens is 1. The van der Waals surface area contributed by atoms with Crippen LogP contribution < -0.4 is 5.32 Å². The standard InChI is InChI=1S/C14H17FN2O/c1-17-5-4-9(8-17)12-7-14(18)16-13-6-10(15)2-3-11(12)13/h2-3,6,9,12H,4-5,7-8H2,1H3,(H,16,18). The topological polar surface area (TPSA) is 32.3 Å². The number of hydrogen-bond donors (Lipinski definition) is 1. The first-order valence-electron chi connectivity index (χ1n) is 6.41. The average molecular weight is 248 g/mol. The quantitative estimate of drug-likeness (QED) is 0.826. The molecule has 1 amide bonds. The summed E-state index contributed by atoms with van der Waals surface area (Å²) >= 11 is 0. The Morgan fingerprint density at radius 1 is 1.44 bits per heavy atom. The molecule has 1 saturated heterocycles. The number of anilines is 1. The van der Waals surface area contributed by atoms with Crippen molar-refractivity contribution in [2.24, 2.45) is 5.92 Å². The Labute approximate surface area is 106 Å². The summed E-state index contributed by atoms with van der Waals surface area (Å²) < 4.78 is 13.2. The highest BCUT2D eigenvalue weighted by Gasteiger charge is 2.34. The van der Waals surface area contributed by atoms with Crippen molar-refractivity contribution in [2.75, 3.05) is 25.5 Å². The summed E-state index contributed by atoms with van der Waals surface area (Å²) in [6.45, 7) is 2.11. The van der Waals surface area contributed by atoms with Gasteiger partial charge >= 0.3 is 0 Å². The van der Waals surface area contributed by atoms with Crippen molar-refractivity contribution in [1.29, 1.82) is 0 Å². The number of amides is 1. The molecule has 3 nitrogen and oxygen atoms in total. The molecule has 0 spiro atoms. The van der Waals surface area contributed by atoms with Gasteiger partial charge in [0, 0.05) is 18.7 Å². The lowest BCUT2D eigenvalue weighted by Gasteiger charge is -2.30. The number of nitrogens with zero attached hydrogens (tertiary/aromatic N) is 1. The number of fused-ring (bicyclic) bond motifs is 1. The van der Waals surface area contributed by atoms with Crippen LogP contribution in [0, 0.1) is 11.7 Å². The van der Waals surface area contributed by atoms with E-state index in [-0.39, 0.29) is 17.6 Å². The van der Waals surface area contributed by atoms with Gasteiger partial charge in [0.1, 0.15) is 5.82 Å². The molecule has 2 aliphatic heterocycles. The fraction of sp³-hybridized carbons (Fsp3) is 0.500. The fourth-order valence-electron chi connectivity index (χ4n) is 3.19. The Morgan fingerprint density at radius 2 is 2.28 bits per heavy atom. The zero-order valence-electron chi connectivity index (χ0n) is 10.4. The molecule has 0 aliphatic carbocycles. The number of likely N-dealkylation sites (tertiary alicyclic amines) is 1. The number of carbonyl (C=O) groups excluding carboxylic acids is 1. The van der Waals surface area contributed by atoms with E-state index in [0.717, 1.165) is 25.1 Å². The van der Waals surface area contributed by atoms with Crippen LogP contribution in [0.25, 0.3) is 0 Å². The molecule has 0 bridgehead atoms. The van der Waals surface area contributed by atoms with Gasteiger partial charge in [-0.15, -0.1) is 0 Å². The minimum Gasteiger partial charge on any atom is -0.326 e. The maximum atomic E-state index is 13.2. The third-order valence-electron chi connectivity index (χ3n) is 4.09. The first-order chi connectivity index (χ1) is 8.63. The van der Waals surface area contributed by atoms with Crippen molar-refractivity contribution < 1.29 is 9.18 Å². The number of nitrogens with one attached hydrogen (secondary N) is 1. The van der Waals surface area contributed by atoms with E-state index < -0.39 is 0 Å². The highest BCUT2D eigenvalue weighted by Crippen LogP contribution is 2.40. The Hall–Kier alpha value is -1.42. The second kappa shape index (κ2) is 4.35. The van der Waals surface area contributed by atoms with Crippen LogP contribution in [0.1, 0.15) is 24.3 Å². The molecular formula is C14H17FN2O. The monoisotopic (exact) mass is 248 g/mol. The van der Waals surface area contributed by atoms with E-state index in [1.807, 2.05) is 6.07 Å². The summed E-state index contributed by atoms with van der Waals surface area (Å²) in [6, 6.07) is 4.74. The minimum absolute atomic E-state index is 0.00709. The zero-order valence-corrected chi connectivity index (χ0v) is 10.4. The van der Waals surface area contributed by atoms with Gasteiger partial charge in [-0.3, -0.25) is 4.79 Å². The molecule has 0 radical (unpaired) electrons. The SMILES string of the molecule is CN1CCC(C2CC(=O)Nc3cc(F)ccc32)C1. The summed E-state index contributed by atoms with van der Waals surface area (Å²) in [4.78, 5) is 14.0. The molecule has 2 atom stereocenters. The van der Waals surface area contributed by atoms with E-state index in [4.69, 9.17) is 0 Å². The van der Waals surface area contributed by atoms with Gasteiger partial charge in [-0.05, 0) is 49.5 Å². The summed E-state index contributed by atoms with van der Waals surface area (Å²) in [5, 5.41) is 2.77. The maximum absolute atomic E-state index is 13.2. The van der Waals surface area contributed by atoms with Crippen LogP contribution in [0.5, 0.6) is 0 Å². The van der Waals surface area contributed by atoms with Gasteiger partial charge in [-0.25, -0.2) is 4.39 Å². The summed E-state index contributed by atoms with van der Waals surface area (Å²) in [7, 11) is 2.11. The van der Waals surface area contributed by atoms with Crippen molar-refractivity contribution in [2.45, 2.75) is 18.8 Å². The highest BCUT2D eigenvalue weighted by molar-refractivity contribution is 5.94. The molecule has 3 rings (SSSR count). The maximum Gasteiger partial charge on any atom is 0.225 e. The van der Waals surface area contributed by atoms with Gasteiger partial charge in [-0.1, -0.05) is 6.07 Å². The van der Waals surface area contributed by atoms with Crippen LogP contribution in [-0.2, 0) is 4.79 Å². The third-order valence-corrected chi connectivity index (χ3v) is 4.09. The first-order valence-corrected chi connectivity index (χ1v) is 6.41. The molecule has 1 aromatic rings. The first kappa shape index (κ1) is 11.7. The number of benzene rings is 1. The molecule has 4 heteroatoms. The smallest absolute Gasteiger partial charge is 0.225 e. The second-order valence-electron chi connectivity index (χ2n) is 5.40. The van der Waals surface area contributed by atoms with E-state index in [1.165, 1.54) is 12.1 Å². The summed E-state index contributed by atoms with van der Waals surface area (Å²) in [6.07, 6.45) is 1.64. The molecule has 1 N–H and O–H groups in total. The minimum atomic E-state index is -0.293. The van der Waals surface area contributed by atoms with Crippen molar-refractivity contribution >= 4 is 11.6 Å². The Balaban J connectivity index is 1.94. The molecular weight excluding hydrogens is 231 g/mol. The van der Waals surface area contributed by atoms with E-state index in [2.05, 4.69) is 17.3 Å².